The number of hydrogen-bond acceptors (Lipinski definition) is 6. The van der Waals surface area contributed by atoms with E-state index in [0.717, 1.165) is 11.4 Å². The number of methoxy groups -OCH3 is 1. The van der Waals surface area contributed by atoms with E-state index in [9.17, 15) is 14.9 Å². The quantitative estimate of drug-likeness (QED) is 0.526. The molecule has 0 fully saturated rings. The molecule has 0 atom stereocenters. The van der Waals surface area contributed by atoms with Crippen molar-refractivity contribution in [3.8, 4) is 5.75 Å². The fourth-order valence-electron chi connectivity index (χ4n) is 2.66. The number of aryl methyl sites for hydroxylation is 2. The molecule has 3 rings (SSSR count). The topological polar surface area (TPSA) is 112 Å². The van der Waals surface area contributed by atoms with E-state index in [2.05, 4.69) is 10.4 Å². The van der Waals surface area contributed by atoms with Crippen molar-refractivity contribution in [3.05, 3.63) is 69.4 Å². The molecule has 0 aliphatic carbocycles. The van der Waals surface area contributed by atoms with Crippen LogP contribution in [0.3, 0.4) is 0 Å². The normalized spacial score (nSPS) is 10.6. The van der Waals surface area contributed by atoms with Gasteiger partial charge in [0.1, 0.15) is 11.5 Å². The molecule has 0 unspecified atom stereocenters. The lowest BCUT2D eigenvalue weighted by molar-refractivity contribution is -0.384. The lowest BCUT2D eigenvalue weighted by Crippen LogP contribution is -2.12. The van der Waals surface area contributed by atoms with Crippen LogP contribution in [0.15, 0.2) is 40.8 Å². The number of nitro groups is 1. The van der Waals surface area contributed by atoms with Crippen molar-refractivity contribution in [1.82, 2.24) is 9.78 Å². The zero-order chi connectivity index (χ0) is 19.6. The van der Waals surface area contributed by atoms with Gasteiger partial charge in [-0.15, -0.1) is 0 Å². The van der Waals surface area contributed by atoms with Crippen molar-refractivity contribution in [2.75, 3.05) is 12.4 Å². The van der Waals surface area contributed by atoms with Gasteiger partial charge in [0.25, 0.3) is 11.6 Å². The Morgan fingerprint density at radius 3 is 2.70 bits per heavy atom. The van der Waals surface area contributed by atoms with Crippen LogP contribution >= 0.6 is 0 Å². The molecule has 2 heterocycles. The molecule has 0 spiro atoms. The standard InChI is InChI=1S/C18H18N4O5/c1-11-8-12(2)21(20-11)10-14-5-7-17(27-14)18(23)19-15-9-13(22(24)25)4-6-16(15)26-3/h4-9H,10H2,1-3H3,(H,19,23). The first-order chi connectivity index (χ1) is 12.9. The van der Waals surface area contributed by atoms with Gasteiger partial charge >= 0.3 is 0 Å². The lowest BCUT2D eigenvalue weighted by Gasteiger charge is -2.09. The van der Waals surface area contributed by atoms with Gasteiger partial charge in [0.2, 0.25) is 0 Å². The second-order valence-electron chi connectivity index (χ2n) is 5.95. The predicted molar refractivity (Wildman–Crippen MR) is 97.1 cm³/mol. The van der Waals surface area contributed by atoms with E-state index < -0.39 is 10.8 Å². The largest absolute Gasteiger partial charge is 0.495 e. The summed E-state index contributed by atoms with van der Waals surface area (Å²) >= 11 is 0. The molecule has 9 heteroatoms. The van der Waals surface area contributed by atoms with Crippen LogP contribution in [-0.2, 0) is 6.54 Å². The van der Waals surface area contributed by atoms with Crippen molar-refractivity contribution in [2.45, 2.75) is 20.4 Å². The summed E-state index contributed by atoms with van der Waals surface area (Å²) in [4.78, 5) is 22.8. The third-order valence-corrected chi connectivity index (χ3v) is 3.94. The van der Waals surface area contributed by atoms with Crippen LogP contribution in [0.5, 0.6) is 5.75 Å². The minimum absolute atomic E-state index is 0.0834. The minimum Gasteiger partial charge on any atom is -0.495 e. The third-order valence-electron chi connectivity index (χ3n) is 3.94. The van der Waals surface area contributed by atoms with Crippen molar-refractivity contribution >= 4 is 17.3 Å². The fraction of sp³-hybridized carbons (Fsp3) is 0.222. The van der Waals surface area contributed by atoms with Gasteiger partial charge in [-0.05, 0) is 38.1 Å². The minimum atomic E-state index is -0.547. The Morgan fingerprint density at radius 2 is 2.07 bits per heavy atom. The number of nitro benzene ring substituents is 1. The maximum Gasteiger partial charge on any atom is 0.291 e. The Kier molecular flexibility index (Phi) is 4.93. The summed E-state index contributed by atoms with van der Waals surface area (Å²) in [5.41, 5.74) is 1.91. The van der Waals surface area contributed by atoms with Crippen LogP contribution in [0.4, 0.5) is 11.4 Å². The highest BCUT2D eigenvalue weighted by Gasteiger charge is 2.17. The van der Waals surface area contributed by atoms with Gasteiger partial charge in [0.05, 0.1) is 30.0 Å². The van der Waals surface area contributed by atoms with E-state index in [0.29, 0.717) is 18.1 Å². The van der Waals surface area contributed by atoms with Crippen molar-refractivity contribution in [3.63, 3.8) is 0 Å². The van der Waals surface area contributed by atoms with E-state index in [4.69, 9.17) is 9.15 Å². The van der Waals surface area contributed by atoms with Crippen LogP contribution in [0.1, 0.15) is 27.7 Å². The third kappa shape index (κ3) is 3.97. The zero-order valence-electron chi connectivity index (χ0n) is 15.1. The Morgan fingerprint density at radius 1 is 1.30 bits per heavy atom. The highest BCUT2D eigenvalue weighted by molar-refractivity contribution is 6.03. The number of non-ortho nitro benzene ring substituents is 1. The van der Waals surface area contributed by atoms with Gasteiger partial charge in [-0.25, -0.2) is 0 Å². The molecule has 1 N–H and O–H groups in total. The second-order valence-corrected chi connectivity index (χ2v) is 5.95. The summed E-state index contributed by atoms with van der Waals surface area (Å²) in [7, 11) is 1.41. The number of rotatable bonds is 6. The van der Waals surface area contributed by atoms with Crippen molar-refractivity contribution in [2.24, 2.45) is 0 Å². The number of amides is 1. The molecule has 1 amide bonds. The molecule has 27 heavy (non-hydrogen) atoms. The van der Waals surface area contributed by atoms with E-state index in [1.807, 2.05) is 19.9 Å². The Labute approximate surface area is 154 Å². The molecule has 0 radical (unpaired) electrons. The van der Waals surface area contributed by atoms with E-state index >= 15 is 0 Å². The summed E-state index contributed by atoms with van der Waals surface area (Å²) in [6.07, 6.45) is 0. The van der Waals surface area contributed by atoms with Gasteiger partial charge < -0.3 is 14.5 Å². The number of carbonyl (C=O) groups excluding carboxylic acids is 1. The lowest BCUT2D eigenvalue weighted by atomic mass is 10.2. The summed E-state index contributed by atoms with van der Waals surface area (Å²) in [6.45, 7) is 4.23. The average Bonchev–Trinajstić information content (AvgIpc) is 3.21. The molecule has 1 aromatic carbocycles. The molecule has 2 aromatic heterocycles. The zero-order valence-corrected chi connectivity index (χ0v) is 15.1. The molecule has 0 saturated carbocycles. The van der Waals surface area contributed by atoms with E-state index in [1.54, 1.807) is 16.8 Å². The van der Waals surface area contributed by atoms with Gasteiger partial charge in [-0.2, -0.15) is 5.10 Å². The SMILES string of the molecule is COc1ccc([N+](=O)[O-])cc1NC(=O)c1ccc(Cn2nc(C)cc2C)o1. The summed E-state index contributed by atoms with van der Waals surface area (Å²) in [5, 5.41) is 17.9. The number of aromatic nitrogens is 2. The van der Waals surface area contributed by atoms with Crippen LogP contribution in [0.25, 0.3) is 0 Å². The Balaban J connectivity index is 1.77. The van der Waals surface area contributed by atoms with Gasteiger partial charge in [-0.1, -0.05) is 0 Å². The van der Waals surface area contributed by atoms with Crippen molar-refractivity contribution < 1.29 is 18.9 Å². The maximum absolute atomic E-state index is 12.4. The molecule has 0 aliphatic heterocycles. The number of furan rings is 1. The molecular weight excluding hydrogens is 352 g/mol. The Bertz CT molecular complexity index is 1010. The predicted octanol–water partition coefficient (Wildman–Crippen LogP) is 3.31. The number of ether oxygens (including phenoxy) is 1. The number of hydrogen-bond donors (Lipinski definition) is 1. The summed E-state index contributed by atoms with van der Waals surface area (Å²) in [5.74, 6) is 0.425. The first-order valence-corrected chi connectivity index (χ1v) is 8.11. The molecule has 0 aliphatic rings. The molecule has 140 valence electrons. The average molecular weight is 370 g/mol. The molecular formula is C18H18N4O5. The van der Waals surface area contributed by atoms with Gasteiger partial charge in [0.15, 0.2) is 5.76 Å². The molecule has 3 aromatic rings. The first-order valence-electron chi connectivity index (χ1n) is 8.11. The number of anilines is 1. The molecule has 0 bridgehead atoms. The second kappa shape index (κ2) is 7.32. The van der Waals surface area contributed by atoms with Crippen LogP contribution in [0, 0.1) is 24.0 Å². The van der Waals surface area contributed by atoms with Gasteiger partial charge in [0, 0.05) is 17.8 Å². The Hall–Kier alpha value is -3.62. The number of carbonyl (C=O) groups is 1. The summed E-state index contributed by atoms with van der Waals surface area (Å²) in [6, 6.07) is 9.13. The van der Waals surface area contributed by atoms with Gasteiger partial charge in [-0.3, -0.25) is 19.6 Å². The van der Waals surface area contributed by atoms with Crippen molar-refractivity contribution in [1.29, 1.82) is 0 Å². The molecule has 9 nitrogen and oxygen atoms in total. The number of nitrogens with one attached hydrogen (secondary N) is 1. The first kappa shape index (κ1) is 18.2. The number of nitrogens with zero attached hydrogens (tertiary/aromatic N) is 3. The molecule has 0 saturated heterocycles. The highest BCUT2D eigenvalue weighted by atomic mass is 16.6. The van der Waals surface area contributed by atoms with E-state index in [1.165, 1.54) is 25.3 Å². The monoisotopic (exact) mass is 370 g/mol. The fourth-order valence-corrected chi connectivity index (χ4v) is 2.66. The smallest absolute Gasteiger partial charge is 0.291 e. The number of benzene rings is 1. The van der Waals surface area contributed by atoms with E-state index in [-0.39, 0.29) is 17.1 Å². The highest BCUT2D eigenvalue weighted by Crippen LogP contribution is 2.29. The van der Waals surface area contributed by atoms with Crippen LogP contribution in [0.2, 0.25) is 0 Å². The van der Waals surface area contributed by atoms with Crippen LogP contribution < -0.4 is 10.1 Å². The van der Waals surface area contributed by atoms with Crippen LogP contribution in [-0.4, -0.2) is 27.7 Å². The maximum atomic E-state index is 12.4. The summed E-state index contributed by atoms with van der Waals surface area (Å²) < 4.78 is 12.5.